The first-order valence-corrected chi connectivity index (χ1v) is 13.1. The minimum Gasteiger partial charge on any atom is -0.395 e. The van der Waals surface area contributed by atoms with Crippen LogP contribution >= 0.6 is 0 Å². The van der Waals surface area contributed by atoms with Crippen molar-refractivity contribution >= 4 is 10.0 Å². The van der Waals surface area contributed by atoms with Gasteiger partial charge in [-0.2, -0.15) is 4.31 Å². The first-order valence-electron chi connectivity index (χ1n) is 11.7. The molecule has 2 saturated heterocycles. The predicted octanol–water partition coefficient (Wildman–Crippen LogP) is 3.97. The lowest BCUT2D eigenvalue weighted by atomic mass is 9.74. The Morgan fingerprint density at radius 3 is 2.06 bits per heavy atom. The predicted molar refractivity (Wildman–Crippen MR) is 130 cm³/mol. The Balaban J connectivity index is 1.42. The lowest BCUT2D eigenvalue weighted by molar-refractivity contribution is -0.0553. The molecule has 2 aliphatic rings. The smallest absolute Gasteiger partial charge is 0.243 e. The summed E-state index contributed by atoms with van der Waals surface area (Å²) in [6.07, 6.45) is 1.75. The molecule has 0 radical (unpaired) electrons. The van der Waals surface area contributed by atoms with Crippen molar-refractivity contribution in [1.29, 1.82) is 0 Å². The zero-order valence-electron chi connectivity index (χ0n) is 18.6. The van der Waals surface area contributed by atoms with E-state index in [9.17, 15) is 13.5 Å². The maximum atomic E-state index is 13.4. The van der Waals surface area contributed by atoms with Gasteiger partial charge in [0.1, 0.15) is 0 Å². The van der Waals surface area contributed by atoms with Crippen molar-refractivity contribution in [3.05, 3.63) is 90.5 Å². The van der Waals surface area contributed by atoms with Gasteiger partial charge in [0.25, 0.3) is 0 Å². The molecule has 3 atom stereocenters. The maximum absolute atomic E-state index is 13.4. The molecule has 172 valence electrons. The summed E-state index contributed by atoms with van der Waals surface area (Å²) in [4.78, 5) is 2.65. The number of nitrogens with zero attached hydrogens (tertiary/aromatic N) is 2. The van der Waals surface area contributed by atoms with E-state index < -0.39 is 10.0 Å². The minimum atomic E-state index is -3.55. The molecular weight excluding hydrogens is 432 g/mol. The monoisotopic (exact) mass is 462 g/mol. The highest BCUT2D eigenvalue weighted by Crippen LogP contribution is 2.43. The summed E-state index contributed by atoms with van der Waals surface area (Å²) >= 11 is 0. The van der Waals surface area contributed by atoms with Gasteiger partial charge in [-0.1, -0.05) is 72.8 Å². The van der Waals surface area contributed by atoms with Crippen molar-refractivity contribution in [2.45, 2.75) is 35.7 Å². The van der Waals surface area contributed by atoms with Gasteiger partial charge in [0.2, 0.25) is 10.0 Å². The van der Waals surface area contributed by atoms with Gasteiger partial charge >= 0.3 is 0 Å². The van der Waals surface area contributed by atoms with E-state index in [4.69, 9.17) is 0 Å². The Morgan fingerprint density at radius 2 is 1.39 bits per heavy atom. The third kappa shape index (κ3) is 4.24. The lowest BCUT2D eigenvalue weighted by Gasteiger charge is -2.57. The van der Waals surface area contributed by atoms with Crippen molar-refractivity contribution in [3.63, 3.8) is 0 Å². The van der Waals surface area contributed by atoms with E-state index in [0.29, 0.717) is 18.0 Å². The van der Waals surface area contributed by atoms with E-state index >= 15 is 0 Å². The third-order valence-corrected chi connectivity index (χ3v) is 9.00. The van der Waals surface area contributed by atoms with Gasteiger partial charge in [-0.05, 0) is 48.2 Å². The summed E-state index contributed by atoms with van der Waals surface area (Å²) in [7, 11) is -3.55. The molecule has 0 spiro atoms. The topological polar surface area (TPSA) is 60.9 Å². The molecule has 0 aromatic heterocycles. The van der Waals surface area contributed by atoms with Crippen LogP contribution in [0.3, 0.4) is 0 Å². The first kappa shape index (κ1) is 22.3. The largest absolute Gasteiger partial charge is 0.395 e. The van der Waals surface area contributed by atoms with Crippen molar-refractivity contribution in [2.75, 3.05) is 26.2 Å². The number of aliphatic hydroxyl groups is 1. The second kappa shape index (κ2) is 9.39. The number of benzene rings is 3. The Hall–Kier alpha value is -2.51. The molecule has 3 aromatic carbocycles. The maximum Gasteiger partial charge on any atom is 0.243 e. The molecule has 33 heavy (non-hydrogen) atoms. The number of aliphatic hydroxyl groups excluding tert-OH is 1. The minimum absolute atomic E-state index is 0.0250. The van der Waals surface area contributed by atoms with E-state index in [1.807, 2.05) is 24.3 Å². The van der Waals surface area contributed by atoms with Crippen LogP contribution in [-0.4, -0.2) is 61.1 Å². The number of fused-ring (bicyclic) bond motifs is 1. The third-order valence-electron chi connectivity index (χ3n) is 7.12. The first-order chi connectivity index (χ1) is 16.1. The van der Waals surface area contributed by atoms with Crippen molar-refractivity contribution in [3.8, 4) is 11.1 Å². The fourth-order valence-corrected chi connectivity index (χ4v) is 6.91. The van der Waals surface area contributed by atoms with Crippen LogP contribution in [0.15, 0.2) is 89.8 Å². The van der Waals surface area contributed by atoms with E-state index in [-0.39, 0.29) is 24.6 Å². The fraction of sp³-hybridized carbons (Fsp3) is 0.333. The molecule has 3 aromatic rings. The Bertz CT molecular complexity index is 1170. The second-order valence-electron chi connectivity index (χ2n) is 8.95. The van der Waals surface area contributed by atoms with E-state index in [1.54, 1.807) is 28.6 Å². The molecule has 0 saturated carbocycles. The summed E-state index contributed by atoms with van der Waals surface area (Å²) < 4.78 is 28.4. The molecule has 2 aliphatic heterocycles. The Kier molecular flexibility index (Phi) is 6.34. The van der Waals surface area contributed by atoms with Crippen LogP contribution in [0.25, 0.3) is 11.1 Å². The molecule has 1 N–H and O–H groups in total. The van der Waals surface area contributed by atoms with Crippen LogP contribution in [0.2, 0.25) is 0 Å². The number of hydrogen-bond acceptors (Lipinski definition) is 4. The molecule has 2 heterocycles. The van der Waals surface area contributed by atoms with Crippen LogP contribution in [0.4, 0.5) is 0 Å². The van der Waals surface area contributed by atoms with E-state index in [1.165, 1.54) is 5.56 Å². The van der Waals surface area contributed by atoms with Crippen LogP contribution in [0.1, 0.15) is 24.3 Å². The zero-order chi connectivity index (χ0) is 22.8. The van der Waals surface area contributed by atoms with Gasteiger partial charge in [-0.15, -0.1) is 0 Å². The normalized spacial score (nSPS) is 24.3. The van der Waals surface area contributed by atoms with E-state index in [2.05, 4.69) is 41.3 Å². The summed E-state index contributed by atoms with van der Waals surface area (Å²) in [6, 6.07) is 27.6. The second-order valence-corrected chi connectivity index (χ2v) is 10.9. The highest BCUT2D eigenvalue weighted by Gasteiger charge is 2.50. The molecule has 5 rings (SSSR count). The molecule has 0 amide bonds. The summed E-state index contributed by atoms with van der Waals surface area (Å²) in [5, 5.41) is 10.2. The summed E-state index contributed by atoms with van der Waals surface area (Å²) in [6.45, 7) is 1.95. The molecule has 0 unspecified atom stereocenters. The molecule has 2 fully saturated rings. The van der Waals surface area contributed by atoms with Crippen LogP contribution in [-0.2, 0) is 10.0 Å². The summed E-state index contributed by atoms with van der Waals surface area (Å²) in [5.74, 6) is 0.103. The van der Waals surface area contributed by atoms with Gasteiger partial charge < -0.3 is 5.11 Å². The van der Waals surface area contributed by atoms with E-state index in [0.717, 1.165) is 30.5 Å². The highest BCUT2D eigenvalue weighted by atomic mass is 32.2. The average molecular weight is 463 g/mol. The quantitative estimate of drug-likeness (QED) is 0.623. The molecule has 0 bridgehead atoms. The highest BCUT2D eigenvalue weighted by molar-refractivity contribution is 7.89. The zero-order valence-corrected chi connectivity index (χ0v) is 19.4. The standard InChI is InChI=1S/C27H30N2O3S/c30-20-26-27(23-15-13-22(14-16-23)21-9-3-1-4-10-21)25-19-28(17-7-8-18-29(25)26)33(31,32)24-11-5-2-6-12-24/h1-6,9-16,25-27,30H,7-8,17-20H2/t25-,26-,27+/m0/s1. The molecular formula is C27H30N2O3S. The van der Waals surface area contributed by atoms with Gasteiger partial charge in [0, 0.05) is 31.1 Å². The van der Waals surface area contributed by atoms with Gasteiger partial charge in [0.15, 0.2) is 0 Å². The van der Waals surface area contributed by atoms with Gasteiger partial charge in [-0.3, -0.25) is 4.90 Å². The van der Waals surface area contributed by atoms with Crippen LogP contribution in [0, 0.1) is 0 Å². The summed E-state index contributed by atoms with van der Waals surface area (Å²) in [5.41, 5.74) is 3.48. The molecule has 5 nitrogen and oxygen atoms in total. The van der Waals surface area contributed by atoms with Crippen molar-refractivity contribution in [1.82, 2.24) is 9.21 Å². The number of rotatable bonds is 5. The van der Waals surface area contributed by atoms with Crippen LogP contribution < -0.4 is 0 Å². The SMILES string of the molecule is O=S(=O)(c1ccccc1)N1CCCCN2[C@@H](CO)[C@H](c3ccc(-c4ccccc4)cc3)[C@@H]2C1. The fourth-order valence-electron chi connectivity index (χ4n) is 5.40. The molecule has 6 heteroatoms. The number of sulfonamides is 1. The Labute approximate surface area is 196 Å². The lowest BCUT2D eigenvalue weighted by Crippen LogP contribution is -2.67. The van der Waals surface area contributed by atoms with Gasteiger partial charge in [0.05, 0.1) is 11.5 Å². The molecule has 0 aliphatic carbocycles. The average Bonchev–Trinajstić information content (AvgIpc) is 2.84. The Morgan fingerprint density at radius 1 is 0.788 bits per heavy atom. The van der Waals surface area contributed by atoms with Crippen LogP contribution in [0.5, 0.6) is 0 Å². The number of hydrogen-bond donors (Lipinski definition) is 1. The van der Waals surface area contributed by atoms with Gasteiger partial charge in [-0.25, -0.2) is 8.42 Å². The van der Waals surface area contributed by atoms with Crippen molar-refractivity contribution in [2.24, 2.45) is 0 Å². The van der Waals surface area contributed by atoms with Crippen molar-refractivity contribution < 1.29 is 13.5 Å².